The largest absolute Gasteiger partial charge is 0.493 e. The predicted molar refractivity (Wildman–Crippen MR) is 104 cm³/mol. The number of hydrogen-bond acceptors (Lipinski definition) is 6. The number of ether oxygens (including phenoxy) is 2. The Hall–Kier alpha value is -3.06. The Morgan fingerprint density at radius 1 is 1.15 bits per heavy atom. The van der Waals surface area contributed by atoms with E-state index in [1.807, 2.05) is 42.5 Å². The minimum atomic E-state index is 0.432. The highest BCUT2D eigenvalue weighted by molar-refractivity contribution is 6.30. The fourth-order valence-electron chi connectivity index (χ4n) is 2.44. The highest BCUT2D eigenvalue weighted by Crippen LogP contribution is 2.29. The molecule has 0 bridgehead atoms. The van der Waals surface area contributed by atoms with Gasteiger partial charge in [0.15, 0.2) is 11.5 Å². The molecule has 8 heteroatoms. The van der Waals surface area contributed by atoms with Gasteiger partial charge in [-0.25, -0.2) is 4.68 Å². The predicted octanol–water partition coefficient (Wildman–Crippen LogP) is 3.71. The Morgan fingerprint density at radius 2 is 1.93 bits per heavy atom. The molecule has 140 valence electrons. The topological polar surface area (TPSA) is 74.1 Å². The van der Waals surface area contributed by atoms with Gasteiger partial charge in [-0.3, -0.25) is 0 Å². The summed E-state index contributed by atoms with van der Waals surface area (Å²) in [5, 5.41) is 15.4. The maximum atomic E-state index is 5.90. The summed E-state index contributed by atoms with van der Waals surface area (Å²) in [4.78, 5) is 0. The molecule has 3 rings (SSSR count). The summed E-state index contributed by atoms with van der Waals surface area (Å²) in [6.07, 6.45) is 1.73. The molecule has 2 aromatic carbocycles. The van der Waals surface area contributed by atoms with E-state index in [0.717, 1.165) is 11.1 Å². The molecule has 0 unspecified atom stereocenters. The summed E-state index contributed by atoms with van der Waals surface area (Å²) < 4.78 is 13.0. The standard InChI is InChI=1S/C19H20ClN5O2/c1-3-10-25-19(22-23-24-25)21-12-15-6-9-17(18(11-15)26-2)27-13-14-4-7-16(20)8-5-14/h3-9,11H,1,10,12-13H2,2H3,(H,21,22,24). The Bertz CT molecular complexity index is 895. The lowest BCUT2D eigenvalue weighted by Crippen LogP contribution is -2.08. The first kappa shape index (κ1) is 18.7. The van der Waals surface area contributed by atoms with Crippen molar-refractivity contribution in [3.8, 4) is 11.5 Å². The summed E-state index contributed by atoms with van der Waals surface area (Å²) in [6, 6.07) is 13.3. The van der Waals surface area contributed by atoms with E-state index < -0.39 is 0 Å². The van der Waals surface area contributed by atoms with Crippen LogP contribution in [-0.4, -0.2) is 27.3 Å². The molecule has 0 aliphatic carbocycles. The molecule has 3 aromatic rings. The summed E-state index contributed by atoms with van der Waals surface area (Å²) in [5.74, 6) is 1.92. The highest BCUT2D eigenvalue weighted by atomic mass is 35.5. The molecule has 0 fully saturated rings. The van der Waals surface area contributed by atoms with E-state index in [1.54, 1.807) is 17.9 Å². The zero-order valence-corrected chi connectivity index (χ0v) is 15.7. The number of tetrazole rings is 1. The second kappa shape index (κ2) is 9.05. The molecule has 0 amide bonds. The molecule has 7 nitrogen and oxygen atoms in total. The number of benzene rings is 2. The van der Waals surface area contributed by atoms with Crippen molar-refractivity contribution in [2.75, 3.05) is 12.4 Å². The first-order valence-corrected chi connectivity index (χ1v) is 8.72. The number of rotatable bonds is 9. The van der Waals surface area contributed by atoms with Crippen molar-refractivity contribution < 1.29 is 9.47 Å². The molecule has 1 N–H and O–H groups in total. The average molecular weight is 386 g/mol. The zero-order valence-electron chi connectivity index (χ0n) is 14.9. The number of allylic oxidation sites excluding steroid dienone is 1. The molecule has 1 aromatic heterocycles. The van der Waals surface area contributed by atoms with E-state index in [4.69, 9.17) is 21.1 Å². The first-order valence-electron chi connectivity index (χ1n) is 8.34. The van der Waals surface area contributed by atoms with Gasteiger partial charge in [-0.15, -0.1) is 6.58 Å². The second-order valence-electron chi connectivity index (χ2n) is 5.73. The van der Waals surface area contributed by atoms with Crippen LogP contribution in [0.3, 0.4) is 0 Å². The number of halogens is 1. The Kier molecular flexibility index (Phi) is 6.27. The minimum absolute atomic E-state index is 0.432. The third kappa shape index (κ3) is 4.98. The van der Waals surface area contributed by atoms with Gasteiger partial charge in [-0.05, 0) is 45.8 Å². The van der Waals surface area contributed by atoms with E-state index in [2.05, 4.69) is 27.4 Å². The number of anilines is 1. The van der Waals surface area contributed by atoms with Crippen LogP contribution < -0.4 is 14.8 Å². The molecule has 0 aliphatic heterocycles. The van der Waals surface area contributed by atoms with Crippen LogP contribution in [0.25, 0.3) is 0 Å². The van der Waals surface area contributed by atoms with Crippen molar-refractivity contribution in [2.45, 2.75) is 19.7 Å². The van der Waals surface area contributed by atoms with E-state index in [1.165, 1.54) is 0 Å². The number of nitrogens with one attached hydrogen (secondary N) is 1. The van der Waals surface area contributed by atoms with Crippen molar-refractivity contribution in [3.05, 3.63) is 71.3 Å². The molecule has 0 atom stereocenters. The summed E-state index contributed by atoms with van der Waals surface area (Å²) in [6.45, 7) is 5.21. The van der Waals surface area contributed by atoms with Crippen LogP contribution in [-0.2, 0) is 19.7 Å². The van der Waals surface area contributed by atoms with Gasteiger partial charge >= 0.3 is 0 Å². The molecule has 0 saturated carbocycles. The molecule has 1 heterocycles. The maximum absolute atomic E-state index is 5.90. The quantitative estimate of drug-likeness (QED) is 0.566. The lowest BCUT2D eigenvalue weighted by molar-refractivity contribution is 0.284. The summed E-state index contributed by atoms with van der Waals surface area (Å²) in [5.41, 5.74) is 2.04. The van der Waals surface area contributed by atoms with Gasteiger partial charge in [-0.1, -0.05) is 41.0 Å². The first-order chi connectivity index (χ1) is 13.2. The number of hydrogen-bond donors (Lipinski definition) is 1. The molecular formula is C19H20ClN5O2. The second-order valence-corrected chi connectivity index (χ2v) is 6.16. The highest BCUT2D eigenvalue weighted by Gasteiger charge is 2.08. The summed E-state index contributed by atoms with van der Waals surface area (Å²) >= 11 is 5.90. The van der Waals surface area contributed by atoms with Gasteiger partial charge in [0, 0.05) is 11.6 Å². The SMILES string of the molecule is C=CCn1nnnc1NCc1ccc(OCc2ccc(Cl)cc2)c(OC)c1. The van der Waals surface area contributed by atoms with Crippen LogP contribution in [0.4, 0.5) is 5.95 Å². The normalized spacial score (nSPS) is 10.4. The van der Waals surface area contributed by atoms with Crippen LogP contribution >= 0.6 is 11.6 Å². The van der Waals surface area contributed by atoms with Gasteiger partial charge in [0.05, 0.1) is 13.7 Å². The van der Waals surface area contributed by atoms with Crippen molar-refractivity contribution in [3.63, 3.8) is 0 Å². The number of methoxy groups -OCH3 is 1. The molecule has 27 heavy (non-hydrogen) atoms. The molecule has 0 radical (unpaired) electrons. The maximum Gasteiger partial charge on any atom is 0.243 e. The smallest absolute Gasteiger partial charge is 0.243 e. The van der Waals surface area contributed by atoms with Gasteiger partial charge in [-0.2, -0.15) is 0 Å². The Balaban J connectivity index is 1.63. The Morgan fingerprint density at radius 3 is 2.67 bits per heavy atom. The number of aromatic nitrogens is 4. The Labute approximate surface area is 162 Å². The van der Waals surface area contributed by atoms with Crippen molar-refractivity contribution in [1.29, 1.82) is 0 Å². The molecular weight excluding hydrogens is 366 g/mol. The van der Waals surface area contributed by atoms with Gasteiger partial charge in [0.2, 0.25) is 5.95 Å². The zero-order chi connectivity index (χ0) is 19.1. The van der Waals surface area contributed by atoms with Crippen molar-refractivity contribution >= 4 is 17.5 Å². The van der Waals surface area contributed by atoms with Gasteiger partial charge < -0.3 is 14.8 Å². The molecule has 0 spiro atoms. The van der Waals surface area contributed by atoms with E-state index in [-0.39, 0.29) is 0 Å². The van der Waals surface area contributed by atoms with Crippen LogP contribution in [0, 0.1) is 0 Å². The fraction of sp³-hybridized carbons (Fsp3) is 0.211. The van der Waals surface area contributed by atoms with Crippen molar-refractivity contribution in [1.82, 2.24) is 20.2 Å². The fourth-order valence-corrected chi connectivity index (χ4v) is 2.57. The molecule has 0 saturated heterocycles. The number of nitrogens with zero attached hydrogens (tertiary/aromatic N) is 4. The molecule has 0 aliphatic rings. The van der Waals surface area contributed by atoms with Crippen LogP contribution in [0.1, 0.15) is 11.1 Å². The van der Waals surface area contributed by atoms with Crippen LogP contribution in [0.2, 0.25) is 5.02 Å². The average Bonchev–Trinajstić information content (AvgIpc) is 3.13. The van der Waals surface area contributed by atoms with E-state index in [0.29, 0.717) is 42.2 Å². The third-order valence-electron chi connectivity index (χ3n) is 3.82. The minimum Gasteiger partial charge on any atom is -0.493 e. The summed E-state index contributed by atoms with van der Waals surface area (Å²) in [7, 11) is 1.62. The van der Waals surface area contributed by atoms with E-state index in [9.17, 15) is 0 Å². The van der Waals surface area contributed by atoms with Crippen LogP contribution in [0.5, 0.6) is 11.5 Å². The lowest BCUT2D eigenvalue weighted by Gasteiger charge is -2.13. The van der Waals surface area contributed by atoms with Crippen molar-refractivity contribution in [2.24, 2.45) is 0 Å². The lowest BCUT2D eigenvalue weighted by atomic mass is 10.2. The third-order valence-corrected chi connectivity index (χ3v) is 4.07. The van der Waals surface area contributed by atoms with Gasteiger partial charge in [0.1, 0.15) is 6.61 Å². The van der Waals surface area contributed by atoms with Crippen LogP contribution in [0.15, 0.2) is 55.1 Å². The monoisotopic (exact) mass is 385 g/mol. The van der Waals surface area contributed by atoms with E-state index >= 15 is 0 Å². The van der Waals surface area contributed by atoms with Gasteiger partial charge in [0.25, 0.3) is 0 Å².